The number of aliphatic imine (C=N–C) groups is 1. The molecule has 1 fully saturated rings. The molecule has 0 spiro atoms. The molecular weight excluding hydrogens is 669 g/mol. The van der Waals surface area contributed by atoms with E-state index in [2.05, 4.69) is 61.3 Å². The van der Waals surface area contributed by atoms with Crippen molar-refractivity contribution < 1.29 is 30.0 Å². The van der Waals surface area contributed by atoms with Gasteiger partial charge in [0.05, 0.1) is 9.53 Å². The van der Waals surface area contributed by atoms with Crippen LogP contribution >= 0.6 is 0 Å². The van der Waals surface area contributed by atoms with Crippen LogP contribution in [-0.2, 0) is 20.1 Å². The van der Waals surface area contributed by atoms with Crippen molar-refractivity contribution in [1.82, 2.24) is 4.98 Å². The quantitative estimate of drug-likeness (QED) is 0.202. The summed E-state index contributed by atoms with van der Waals surface area (Å²) in [4.78, 5) is 8.68. The van der Waals surface area contributed by atoms with E-state index in [1.54, 1.807) is 0 Å². The molecule has 40 heavy (non-hydrogen) atoms. The van der Waals surface area contributed by atoms with E-state index < -0.39 is 5.89 Å². The Balaban J connectivity index is 0.000000248. The minimum Gasteiger partial charge on any atom is -0.477 e. The van der Waals surface area contributed by atoms with Gasteiger partial charge in [-0.05, 0) is 66.9 Å². The van der Waals surface area contributed by atoms with Crippen molar-refractivity contribution in [3.05, 3.63) is 118 Å². The molecule has 1 aliphatic carbocycles. The van der Waals surface area contributed by atoms with E-state index in [1.165, 1.54) is 11.1 Å². The monoisotopic (exact) mass is 709 g/mol. The number of aromatic nitrogens is 1. The maximum Gasteiger partial charge on any atom is 0.123 e. The topological polar surface area (TPSA) is 38.4 Å². The van der Waals surface area contributed by atoms with Crippen LogP contribution in [0.4, 0.5) is 0 Å². The second-order valence-electron chi connectivity index (χ2n) is 10.2. The van der Waals surface area contributed by atoms with Gasteiger partial charge in [-0.1, -0.05) is 73.3 Å². The van der Waals surface area contributed by atoms with Crippen LogP contribution in [-0.4, -0.2) is 10.7 Å². The molecule has 3 heterocycles. The first-order valence-electron chi connectivity index (χ1n) is 15.6. The number of fused-ring (bicyclic) bond motifs is 1. The normalized spacial score (nSPS) is 18.1. The van der Waals surface area contributed by atoms with E-state index in [4.69, 9.17) is 9.90 Å². The van der Waals surface area contributed by atoms with Crippen molar-refractivity contribution in [2.45, 2.75) is 64.7 Å². The molecule has 1 saturated carbocycles. The standard InChI is InChI=1S/C23H22NO.C13H14N.Ir/c1-16(14-23-17(2)20-10-6-7-11-22(20)25-23)21-13-12-19(15-24-21)18-8-4-3-5-9-18;1-10-3-6-12(7-4-10)13-8-5-11(2)9-14-13;/h6-7,10-13,15,18H,1-5,8-9H2;3-4,6,9H,5,8H2,1-2H3;/q2*-1;/i12D,13D,15D,18D;;. The van der Waals surface area contributed by atoms with Gasteiger partial charge >= 0.3 is 0 Å². The van der Waals surface area contributed by atoms with Crippen LogP contribution in [0.3, 0.4) is 0 Å². The first-order valence-corrected chi connectivity index (χ1v) is 13.6. The molecule has 1 radical (unpaired) electrons. The van der Waals surface area contributed by atoms with Gasteiger partial charge in [0.1, 0.15) is 5.58 Å². The van der Waals surface area contributed by atoms with Gasteiger partial charge in [0.2, 0.25) is 0 Å². The summed E-state index contributed by atoms with van der Waals surface area (Å²) in [6, 6.07) is 16.7. The predicted molar refractivity (Wildman–Crippen MR) is 163 cm³/mol. The van der Waals surface area contributed by atoms with Crippen LogP contribution in [0.15, 0.2) is 88.5 Å². The van der Waals surface area contributed by atoms with E-state index in [-0.39, 0.29) is 55.2 Å². The number of allylic oxidation sites excluding steroid dienone is 2. The van der Waals surface area contributed by atoms with Crippen LogP contribution < -0.4 is 10.6 Å². The van der Waals surface area contributed by atoms with Gasteiger partial charge in [-0.25, -0.2) is 0 Å². The van der Waals surface area contributed by atoms with Gasteiger partial charge in [0.15, 0.2) is 0 Å². The molecular formula is C36H36IrN2O-2. The van der Waals surface area contributed by atoms with E-state index in [0.717, 1.165) is 48.8 Å². The van der Waals surface area contributed by atoms with Crippen molar-refractivity contribution in [3.8, 4) is 0 Å². The van der Waals surface area contributed by atoms with Gasteiger partial charge in [0, 0.05) is 33.8 Å². The van der Waals surface area contributed by atoms with E-state index in [0.29, 0.717) is 29.1 Å². The molecule has 4 aromatic rings. The Bertz CT molecular complexity index is 1850. The molecule has 0 bridgehead atoms. The predicted octanol–water partition coefficient (Wildman–Crippen LogP) is 7.94. The van der Waals surface area contributed by atoms with E-state index in [1.807, 2.05) is 36.5 Å². The van der Waals surface area contributed by atoms with Crippen LogP contribution in [0.25, 0.3) is 29.2 Å². The van der Waals surface area contributed by atoms with Crippen molar-refractivity contribution in [2.24, 2.45) is 4.99 Å². The molecule has 207 valence electrons. The number of para-hydroxylation sites is 1. The molecule has 2 aliphatic rings. The van der Waals surface area contributed by atoms with Crippen LogP contribution in [0.1, 0.15) is 85.6 Å². The summed E-state index contributed by atoms with van der Waals surface area (Å²) in [6.45, 7) is 12.2. The van der Waals surface area contributed by atoms with Crippen molar-refractivity contribution in [2.75, 3.05) is 0 Å². The number of pyridine rings is 1. The van der Waals surface area contributed by atoms with E-state index in [9.17, 15) is 0 Å². The summed E-state index contributed by atoms with van der Waals surface area (Å²) in [5.41, 5.74) is 6.60. The maximum absolute atomic E-state index is 8.76. The van der Waals surface area contributed by atoms with Gasteiger partial charge in [0.25, 0.3) is 0 Å². The Labute approximate surface area is 257 Å². The van der Waals surface area contributed by atoms with Crippen LogP contribution in [0.5, 0.6) is 0 Å². The molecule has 0 N–H and O–H groups in total. The molecule has 0 atom stereocenters. The Morgan fingerprint density at radius 3 is 2.60 bits per heavy atom. The first-order chi connectivity index (χ1) is 20.6. The first kappa shape index (κ1) is 24.5. The van der Waals surface area contributed by atoms with Gasteiger partial charge < -0.3 is 14.4 Å². The third-order valence-electron chi connectivity index (χ3n) is 7.12. The Morgan fingerprint density at radius 1 is 1.10 bits per heavy atom. The van der Waals surface area contributed by atoms with Gasteiger partial charge in [-0.2, -0.15) is 6.58 Å². The number of furan rings is 1. The minimum absolute atomic E-state index is 0. The third-order valence-corrected chi connectivity index (χ3v) is 7.12. The third kappa shape index (κ3) is 7.24. The maximum atomic E-state index is 8.76. The number of hydrogen-bond donors (Lipinski definition) is 0. The second kappa shape index (κ2) is 13.8. The average Bonchev–Trinajstić information content (AvgIpc) is 3.31. The molecule has 3 nitrogen and oxygen atoms in total. The molecule has 2 aromatic heterocycles. The molecule has 0 amide bonds. The van der Waals surface area contributed by atoms with Crippen molar-refractivity contribution >= 4 is 34.9 Å². The molecule has 1 aliphatic heterocycles. The number of nitrogens with zero attached hydrogens (tertiary/aromatic N) is 2. The molecule has 0 unspecified atom stereocenters. The fraction of sp³-hybridized carbons (Fsp3) is 0.278. The molecule has 6 rings (SSSR count). The smallest absolute Gasteiger partial charge is 0.123 e. The van der Waals surface area contributed by atoms with Gasteiger partial charge in [-0.3, -0.25) is 0 Å². The summed E-state index contributed by atoms with van der Waals surface area (Å²) >= 11 is 0. The Morgan fingerprint density at radius 2 is 1.90 bits per heavy atom. The van der Waals surface area contributed by atoms with Gasteiger partial charge in [-0.15, -0.1) is 47.5 Å². The SMILES string of the molecule is CC1=CN=C(c2[c-]cc(C)cc2)CC1.[2H]c1nc(C(=C)[C-]=c2oc3ccccc3c2=C)c([2H])c([2H])c1C1([2H])CCCCC1.[Ir]. The van der Waals surface area contributed by atoms with E-state index >= 15 is 0 Å². The Hall–Kier alpha value is -3.33. The zero-order valence-corrected chi connectivity index (χ0v) is 25.5. The fourth-order valence-corrected chi connectivity index (χ4v) is 4.74. The van der Waals surface area contributed by atoms with Crippen molar-refractivity contribution in [1.29, 1.82) is 0 Å². The summed E-state index contributed by atoms with van der Waals surface area (Å²) in [5.74, 6) is -1.01. The largest absolute Gasteiger partial charge is 0.477 e. The molecule has 2 aromatic carbocycles. The number of benzene rings is 2. The molecule has 4 heteroatoms. The minimum atomic E-state index is -1.01. The number of aryl methyl sites for hydroxylation is 1. The Kier molecular flexibility index (Phi) is 8.46. The van der Waals surface area contributed by atoms with Crippen LogP contribution in [0.2, 0.25) is 0 Å². The molecule has 0 saturated heterocycles. The van der Waals surface area contributed by atoms with Crippen LogP contribution in [0, 0.1) is 13.0 Å². The second-order valence-corrected chi connectivity index (χ2v) is 10.2. The zero-order chi connectivity index (χ0) is 30.7. The summed E-state index contributed by atoms with van der Waals surface area (Å²) < 4.78 is 39.8. The average molecular weight is 709 g/mol. The summed E-state index contributed by atoms with van der Waals surface area (Å²) in [5, 5.41) is 1.53. The fourth-order valence-electron chi connectivity index (χ4n) is 4.74. The number of hydrogen-bond acceptors (Lipinski definition) is 3. The summed E-state index contributed by atoms with van der Waals surface area (Å²) in [6.07, 6.45) is 11.0. The number of rotatable bonds is 4. The summed E-state index contributed by atoms with van der Waals surface area (Å²) in [7, 11) is 0. The zero-order valence-electron chi connectivity index (χ0n) is 27.1. The van der Waals surface area contributed by atoms with Crippen molar-refractivity contribution in [3.63, 3.8) is 0 Å².